The number of carbonyl (C=O) groups excluding carboxylic acids is 1. The summed E-state index contributed by atoms with van der Waals surface area (Å²) in [6.45, 7) is 0.656. The molecular formula is C17H18ClNO2. The Balaban J connectivity index is 1.74. The minimum absolute atomic E-state index is 0.00398. The maximum Gasteiger partial charge on any atom is 0.224 e. The first kappa shape index (κ1) is 15.5. The predicted molar refractivity (Wildman–Crippen MR) is 84.2 cm³/mol. The number of rotatable bonds is 6. The highest BCUT2D eigenvalue weighted by atomic mass is 35.5. The van der Waals surface area contributed by atoms with Crippen LogP contribution in [0.2, 0.25) is 5.02 Å². The molecule has 21 heavy (non-hydrogen) atoms. The Bertz CT molecular complexity index is 579. The van der Waals surface area contributed by atoms with Crippen molar-refractivity contribution in [2.75, 3.05) is 6.54 Å². The Hall–Kier alpha value is -1.84. The summed E-state index contributed by atoms with van der Waals surface area (Å²) in [7, 11) is 0. The zero-order valence-corrected chi connectivity index (χ0v) is 12.4. The van der Waals surface area contributed by atoms with Crippen molar-refractivity contribution in [3.63, 3.8) is 0 Å². The molecule has 0 atom stereocenters. The van der Waals surface area contributed by atoms with Gasteiger partial charge in [-0.15, -0.1) is 0 Å². The Morgan fingerprint density at radius 1 is 0.952 bits per heavy atom. The van der Waals surface area contributed by atoms with Crippen LogP contribution < -0.4 is 5.32 Å². The Morgan fingerprint density at radius 2 is 1.52 bits per heavy atom. The van der Waals surface area contributed by atoms with Gasteiger partial charge in [0.25, 0.3) is 0 Å². The lowest BCUT2D eigenvalue weighted by Gasteiger charge is -2.06. The number of hydrogen-bond donors (Lipinski definition) is 2. The molecule has 2 rings (SSSR count). The highest BCUT2D eigenvalue weighted by Crippen LogP contribution is 2.10. The Labute approximate surface area is 129 Å². The summed E-state index contributed by atoms with van der Waals surface area (Å²) in [4.78, 5) is 11.8. The van der Waals surface area contributed by atoms with Gasteiger partial charge in [0.1, 0.15) is 0 Å². The number of nitrogens with one attached hydrogen (secondary N) is 1. The molecule has 0 saturated heterocycles. The standard InChI is InChI=1S/C17H18ClNO2/c18-16-7-5-14(6-8-16)11-17(21)19-10-9-13-1-3-15(12-20)4-2-13/h1-8,20H,9-12H2,(H,19,21). The second-order valence-corrected chi connectivity index (χ2v) is 5.31. The third-order valence-electron chi connectivity index (χ3n) is 3.22. The number of hydrogen-bond acceptors (Lipinski definition) is 2. The molecule has 2 aromatic carbocycles. The van der Waals surface area contributed by atoms with Crippen LogP contribution in [0.3, 0.4) is 0 Å². The van der Waals surface area contributed by atoms with E-state index in [-0.39, 0.29) is 12.5 Å². The number of halogens is 1. The molecule has 3 nitrogen and oxygen atoms in total. The van der Waals surface area contributed by atoms with Crippen molar-refractivity contribution in [1.82, 2.24) is 5.32 Å². The molecule has 0 bridgehead atoms. The number of carbonyl (C=O) groups is 1. The van der Waals surface area contributed by atoms with Crippen LogP contribution in [0.5, 0.6) is 0 Å². The van der Waals surface area contributed by atoms with E-state index < -0.39 is 0 Å². The Morgan fingerprint density at radius 3 is 2.14 bits per heavy atom. The zero-order chi connectivity index (χ0) is 15.1. The van der Waals surface area contributed by atoms with Gasteiger partial charge < -0.3 is 10.4 Å². The summed E-state index contributed by atoms with van der Waals surface area (Å²) < 4.78 is 0. The molecule has 0 aliphatic carbocycles. The normalized spacial score (nSPS) is 10.4. The smallest absolute Gasteiger partial charge is 0.224 e. The summed E-state index contributed by atoms with van der Waals surface area (Å²) in [6.07, 6.45) is 1.14. The van der Waals surface area contributed by atoms with Gasteiger partial charge in [-0.1, -0.05) is 48.0 Å². The second kappa shape index (κ2) is 7.81. The van der Waals surface area contributed by atoms with Gasteiger partial charge in [0, 0.05) is 11.6 Å². The van der Waals surface area contributed by atoms with Crippen LogP contribution in [0.1, 0.15) is 16.7 Å². The maximum atomic E-state index is 11.8. The van der Waals surface area contributed by atoms with Crippen LogP contribution in [0, 0.1) is 0 Å². The van der Waals surface area contributed by atoms with E-state index in [4.69, 9.17) is 16.7 Å². The van der Waals surface area contributed by atoms with E-state index in [1.54, 1.807) is 12.1 Å². The lowest BCUT2D eigenvalue weighted by atomic mass is 10.1. The van der Waals surface area contributed by atoms with Crippen molar-refractivity contribution in [3.05, 3.63) is 70.2 Å². The van der Waals surface area contributed by atoms with Gasteiger partial charge in [-0.25, -0.2) is 0 Å². The molecule has 0 aliphatic heterocycles. The fraction of sp³-hybridized carbons (Fsp3) is 0.235. The molecule has 0 heterocycles. The van der Waals surface area contributed by atoms with Crippen LogP contribution in [0.15, 0.2) is 48.5 Å². The molecule has 0 aliphatic rings. The summed E-state index contributed by atoms with van der Waals surface area (Å²) >= 11 is 5.81. The summed E-state index contributed by atoms with van der Waals surface area (Å²) in [6, 6.07) is 15.0. The van der Waals surface area contributed by atoms with Crippen LogP contribution in [0.25, 0.3) is 0 Å². The van der Waals surface area contributed by atoms with Crippen molar-refractivity contribution < 1.29 is 9.90 Å². The molecule has 0 radical (unpaired) electrons. The van der Waals surface area contributed by atoms with Crippen LogP contribution >= 0.6 is 11.6 Å². The zero-order valence-electron chi connectivity index (χ0n) is 11.7. The van der Waals surface area contributed by atoms with E-state index in [1.807, 2.05) is 36.4 Å². The first-order chi connectivity index (χ1) is 10.2. The largest absolute Gasteiger partial charge is 0.392 e. The van der Waals surface area contributed by atoms with Crippen LogP contribution in [-0.4, -0.2) is 17.6 Å². The SMILES string of the molecule is O=C(Cc1ccc(Cl)cc1)NCCc1ccc(CO)cc1. The monoisotopic (exact) mass is 303 g/mol. The average Bonchev–Trinajstić information content (AvgIpc) is 2.50. The van der Waals surface area contributed by atoms with E-state index in [9.17, 15) is 4.79 Å². The topological polar surface area (TPSA) is 49.3 Å². The van der Waals surface area contributed by atoms with E-state index in [0.29, 0.717) is 18.0 Å². The molecule has 4 heteroatoms. The van der Waals surface area contributed by atoms with E-state index in [1.165, 1.54) is 0 Å². The lowest BCUT2D eigenvalue weighted by molar-refractivity contribution is -0.120. The van der Waals surface area contributed by atoms with Gasteiger partial charge in [-0.2, -0.15) is 0 Å². The second-order valence-electron chi connectivity index (χ2n) is 4.88. The third-order valence-corrected chi connectivity index (χ3v) is 3.47. The van der Waals surface area contributed by atoms with Gasteiger partial charge in [-0.05, 0) is 35.2 Å². The number of aliphatic hydroxyl groups is 1. The molecule has 2 aromatic rings. The van der Waals surface area contributed by atoms with Crippen LogP contribution in [0.4, 0.5) is 0 Å². The fourth-order valence-electron chi connectivity index (χ4n) is 2.01. The number of aliphatic hydroxyl groups excluding tert-OH is 1. The van der Waals surface area contributed by atoms with Gasteiger partial charge in [0.2, 0.25) is 5.91 Å². The maximum absolute atomic E-state index is 11.8. The number of amides is 1. The quantitative estimate of drug-likeness (QED) is 0.862. The van der Waals surface area contributed by atoms with Gasteiger partial charge >= 0.3 is 0 Å². The Kier molecular flexibility index (Phi) is 5.78. The van der Waals surface area contributed by atoms with Gasteiger partial charge in [0.15, 0.2) is 0 Å². The van der Waals surface area contributed by atoms with Crippen molar-refractivity contribution in [2.45, 2.75) is 19.4 Å². The van der Waals surface area contributed by atoms with Gasteiger partial charge in [0.05, 0.1) is 13.0 Å². The van der Waals surface area contributed by atoms with Crippen molar-refractivity contribution in [3.8, 4) is 0 Å². The van der Waals surface area contributed by atoms with E-state index >= 15 is 0 Å². The third kappa shape index (κ3) is 5.21. The van der Waals surface area contributed by atoms with Crippen molar-refractivity contribution in [2.24, 2.45) is 0 Å². The fourth-order valence-corrected chi connectivity index (χ4v) is 2.13. The lowest BCUT2D eigenvalue weighted by Crippen LogP contribution is -2.27. The first-order valence-corrected chi connectivity index (χ1v) is 7.25. The van der Waals surface area contributed by atoms with E-state index in [2.05, 4.69) is 5.32 Å². The molecule has 0 aromatic heterocycles. The number of benzene rings is 2. The molecule has 0 saturated carbocycles. The molecular weight excluding hydrogens is 286 g/mol. The predicted octanol–water partition coefficient (Wildman–Crippen LogP) is 2.73. The van der Waals surface area contributed by atoms with Crippen molar-refractivity contribution in [1.29, 1.82) is 0 Å². The minimum Gasteiger partial charge on any atom is -0.392 e. The van der Waals surface area contributed by atoms with Gasteiger partial charge in [-0.3, -0.25) is 4.79 Å². The average molecular weight is 304 g/mol. The van der Waals surface area contributed by atoms with Crippen molar-refractivity contribution >= 4 is 17.5 Å². The summed E-state index contributed by atoms with van der Waals surface area (Å²) in [5.74, 6) is 0.00398. The molecule has 2 N–H and O–H groups in total. The molecule has 110 valence electrons. The first-order valence-electron chi connectivity index (χ1n) is 6.87. The summed E-state index contributed by atoms with van der Waals surface area (Å²) in [5, 5.41) is 12.5. The molecule has 0 spiro atoms. The van der Waals surface area contributed by atoms with Crippen LogP contribution in [-0.2, 0) is 24.2 Å². The van der Waals surface area contributed by atoms with E-state index in [0.717, 1.165) is 23.1 Å². The minimum atomic E-state index is 0.00398. The summed E-state index contributed by atoms with van der Waals surface area (Å²) in [5.41, 5.74) is 2.98. The highest BCUT2D eigenvalue weighted by molar-refractivity contribution is 6.30. The highest BCUT2D eigenvalue weighted by Gasteiger charge is 2.03. The molecule has 1 amide bonds. The molecule has 0 fully saturated rings. The molecule has 0 unspecified atom stereocenters.